The van der Waals surface area contributed by atoms with Crippen LogP contribution in [0, 0.1) is 0 Å². The third-order valence-corrected chi connectivity index (χ3v) is 1.47. The summed E-state index contributed by atoms with van der Waals surface area (Å²) in [6, 6.07) is 8.47. The molecule has 0 saturated carbocycles. The van der Waals surface area contributed by atoms with E-state index < -0.39 is 11.8 Å². The van der Waals surface area contributed by atoms with Crippen LogP contribution in [0.2, 0.25) is 0 Å². The molecule has 0 aromatic heterocycles. The molecule has 14 heavy (non-hydrogen) atoms. The number of hydrogen-bond acceptors (Lipinski definition) is 3. The van der Waals surface area contributed by atoms with Gasteiger partial charge in [-0.3, -0.25) is 4.79 Å². The van der Waals surface area contributed by atoms with Crippen molar-refractivity contribution in [2.75, 3.05) is 0 Å². The highest BCUT2D eigenvalue weighted by atomic mass is 16.5. The van der Waals surface area contributed by atoms with Crippen molar-refractivity contribution in [3.63, 3.8) is 0 Å². The summed E-state index contributed by atoms with van der Waals surface area (Å²) in [7, 11) is 0. The summed E-state index contributed by atoms with van der Waals surface area (Å²) >= 11 is 0. The van der Waals surface area contributed by atoms with Gasteiger partial charge in [-0.05, 0) is 25.1 Å². The lowest BCUT2D eigenvalue weighted by molar-refractivity contribution is -0.144. The van der Waals surface area contributed by atoms with E-state index in [-0.39, 0.29) is 0 Å². The molecular formula is C11H10O3. The Hall–Kier alpha value is -1.90. The summed E-state index contributed by atoms with van der Waals surface area (Å²) in [4.78, 5) is 22.1. The van der Waals surface area contributed by atoms with Gasteiger partial charge in [0.2, 0.25) is 0 Å². The molecule has 0 aliphatic heterocycles. The predicted molar refractivity (Wildman–Crippen MR) is 51.9 cm³/mol. The predicted octanol–water partition coefficient (Wildman–Crippen LogP) is 1.74. The Labute approximate surface area is 82.0 Å². The third kappa shape index (κ3) is 2.86. The van der Waals surface area contributed by atoms with E-state index in [1.54, 1.807) is 37.3 Å². The highest BCUT2D eigenvalue weighted by Crippen LogP contribution is 2.08. The monoisotopic (exact) mass is 190 g/mol. The highest BCUT2D eigenvalue weighted by molar-refractivity contribution is 6.38. The molecule has 72 valence electrons. The van der Waals surface area contributed by atoms with E-state index in [2.05, 4.69) is 0 Å². The Balaban J connectivity index is 2.62. The van der Waals surface area contributed by atoms with E-state index in [4.69, 9.17) is 4.74 Å². The van der Waals surface area contributed by atoms with Gasteiger partial charge in [-0.25, -0.2) is 4.79 Å². The molecule has 3 heteroatoms. The summed E-state index contributed by atoms with van der Waals surface area (Å²) in [5.74, 6) is -1.15. The van der Waals surface area contributed by atoms with Crippen LogP contribution in [0.15, 0.2) is 42.5 Å². The van der Waals surface area contributed by atoms with Gasteiger partial charge in [0.25, 0.3) is 5.78 Å². The van der Waals surface area contributed by atoms with Gasteiger partial charge in [-0.2, -0.15) is 0 Å². The van der Waals surface area contributed by atoms with E-state index in [1.807, 2.05) is 0 Å². The Kier molecular flexibility index (Phi) is 3.61. The van der Waals surface area contributed by atoms with Gasteiger partial charge in [0.05, 0.1) is 0 Å². The van der Waals surface area contributed by atoms with Crippen molar-refractivity contribution < 1.29 is 14.3 Å². The molecule has 1 aromatic carbocycles. The van der Waals surface area contributed by atoms with Crippen molar-refractivity contribution in [2.45, 2.75) is 6.92 Å². The first-order valence-corrected chi connectivity index (χ1v) is 4.18. The quantitative estimate of drug-likeness (QED) is 0.315. The van der Waals surface area contributed by atoms with E-state index >= 15 is 0 Å². The molecule has 0 N–H and O–H groups in total. The lowest BCUT2D eigenvalue weighted by atomic mass is 10.3. The van der Waals surface area contributed by atoms with Crippen LogP contribution < -0.4 is 4.74 Å². The zero-order valence-corrected chi connectivity index (χ0v) is 7.77. The first kappa shape index (κ1) is 10.2. The second kappa shape index (κ2) is 4.97. The van der Waals surface area contributed by atoms with E-state index in [0.29, 0.717) is 5.75 Å². The average molecular weight is 190 g/mol. The maximum atomic E-state index is 11.1. The van der Waals surface area contributed by atoms with E-state index in [0.717, 1.165) is 0 Å². The van der Waals surface area contributed by atoms with Gasteiger partial charge in [0.15, 0.2) is 0 Å². The van der Waals surface area contributed by atoms with Crippen LogP contribution in [0.5, 0.6) is 5.75 Å². The molecule has 0 saturated heterocycles. The molecule has 0 aliphatic rings. The maximum absolute atomic E-state index is 11.1. The zero-order valence-electron chi connectivity index (χ0n) is 7.77. The molecule has 3 nitrogen and oxygen atoms in total. The fourth-order valence-corrected chi connectivity index (χ4v) is 0.865. The van der Waals surface area contributed by atoms with Crippen molar-refractivity contribution in [1.29, 1.82) is 0 Å². The van der Waals surface area contributed by atoms with Crippen LogP contribution in [0.1, 0.15) is 6.92 Å². The minimum Gasteiger partial charge on any atom is -0.421 e. The number of ketones is 1. The first-order valence-electron chi connectivity index (χ1n) is 4.18. The van der Waals surface area contributed by atoms with Crippen LogP contribution in [-0.2, 0) is 9.59 Å². The lowest BCUT2D eigenvalue weighted by Gasteiger charge is -1.99. The normalized spacial score (nSPS) is 10.1. The van der Waals surface area contributed by atoms with Crippen LogP contribution in [0.3, 0.4) is 0 Å². The van der Waals surface area contributed by atoms with Crippen molar-refractivity contribution in [1.82, 2.24) is 0 Å². The molecule has 0 atom stereocenters. The smallest absolute Gasteiger partial charge is 0.384 e. The third-order valence-electron chi connectivity index (χ3n) is 1.47. The second-order valence-electron chi connectivity index (χ2n) is 2.57. The van der Waals surface area contributed by atoms with E-state index in [9.17, 15) is 9.59 Å². The van der Waals surface area contributed by atoms with Crippen molar-refractivity contribution >= 4 is 11.8 Å². The van der Waals surface area contributed by atoms with E-state index in [1.165, 1.54) is 12.2 Å². The SMILES string of the molecule is CC=CC(=O)C(=O)Oc1ccccc1. The molecule has 0 bridgehead atoms. The molecular weight excluding hydrogens is 180 g/mol. The molecule has 1 aromatic rings. The molecule has 0 spiro atoms. The van der Waals surface area contributed by atoms with Gasteiger partial charge >= 0.3 is 5.97 Å². The van der Waals surface area contributed by atoms with Gasteiger partial charge in [0, 0.05) is 0 Å². The van der Waals surface area contributed by atoms with Crippen LogP contribution >= 0.6 is 0 Å². The van der Waals surface area contributed by atoms with Gasteiger partial charge in [0.1, 0.15) is 5.75 Å². The topological polar surface area (TPSA) is 43.4 Å². The lowest BCUT2D eigenvalue weighted by Crippen LogP contribution is -2.17. The molecule has 0 radical (unpaired) electrons. The Morgan fingerprint density at radius 2 is 1.86 bits per heavy atom. The minimum absolute atomic E-state index is 0.371. The summed E-state index contributed by atoms with van der Waals surface area (Å²) < 4.78 is 4.79. The van der Waals surface area contributed by atoms with Crippen molar-refractivity contribution in [3.05, 3.63) is 42.5 Å². The van der Waals surface area contributed by atoms with Gasteiger partial charge in [-0.15, -0.1) is 0 Å². The summed E-state index contributed by atoms with van der Waals surface area (Å²) in [6.45, 7) is 1.66. The zero-order chi connectivity index (χ0) is 10.4. The maximum Gasteiger partial charge on any atom is 0.384 e. The fourth-order valence-electron chi connectivity index (χ4n) is 0.865. The Bertz CT molecular complexity index is 352. The molecule has 0 amide bonds. The summed E-state index contributed by atoms with van der Waals surface area (Å²) in [6.07, 6.45) is 2.67. The van der Waals surface area contributed by atoms with Gasteiger partial charge < -0.3 is 4.74 Å². The second-order valence-corrected chi connectivity index (χ2v) is 2.57. The molecule has 0 aliphatic carbocycles. The number of ether oxygens (including phenoxy) is 1. The number of benzene rings is 1. The van der Waals surface area contributed by atoms with Crippen LogP contribution in [0.25, 0.3) is 0 Å². The largest absolute Gasteiger partial charge is 0.421 e. The number of rotatable bonds is 3. The number of para-hydroxylation sites is 1. The molecule has 0 unspecified atom stereocenters. The molecule has 0 fully saturated rings. The number of carbonyl (C=O) groups excluding carboxylic acids is 2. The standard InChI is InChI=1S/C11H10O3/c1-2-6-10(12)11(13)14-9-7-4-3-5-8-9/h2-8H,1H3. The van der Waals surface area contributed by atoms with Crippen LogP contribution in [-0.4, -0.2) is 11.8 Å². The Morgan fingerprint density at radius 3 is 2.43 bits per heavy atom. The van der Waals surface area contributed by atoms with Crippen molar-refractivity contribution in [2.24, 2.45) is 0 Å². The number of hydrogen-bond donors (Lipinski definition) is 0. The molecule has 0 heterocycles. The number of carbonyl (C=O) groups is 2. The average Bonchev–Trinajstić information content (AvgIpc) is 2.19. The number of esters is 1. The summed E-state index contributed by atoms with van der Waals surface area (Å²) in [5, 5.41) is 0. The number of allylic oxidation sites excluding steroid dienone is 1. The Morgan fingerprint density at radius 1 is 1.21 bits per heavy atom. The van der Waals surface area contributed by atoms with Crippen molar-refractivity contribution in [3.8, 4) is 5.75 Å². The van der Waals surface area contributed by atoms with Crippen LogP contribution in [0.4, 0.5) is 0 Å². The highest BCUT2D eigenvalue weighted by Gasteiger charge is 2.11. The summed E-state index contributed by atoms with van der Waals surface area (Å²) in [5.41, 5.74) is 0. The minimum atomic E-state index is -0.866. The first-order chi connectivity index (χ1) is 6.74. The van der Waals surface area contributed by atoms with Gasteiger partial charge in [-0.1, -0.05) is 24.3 Å². The molecule has 1 rings (SSSR count). The fraction of sp³-hybridized carbons (Fsp3) is 0.0909.